The van der Waals surface area contributed by atoms with Crippen molar-refractivity contribution in [3.8, 4) is 0 Å². The average Bonchev–Trinajstić information content (AvgIpc) is 2.97. The molecule has 3 aromatic rings. The van der Waals surface area contributed by atoms with Gasteiger partial charge in [0.2, 0.25) is 0 Å². The zero-order valence-electron chi connectivity index (χ0n) is 18.4. The second-order valence-corrected chi connectivity index (χ2v) is 8.36. The third kappa shape index (κ3) is 4.69. The van der Waals surface area contributed by atoms with Gasteiger partial charge in [0.25, 0.3) is 0 Å². The van der Waals surface area contributed by atoms with Crippen LogP contribution in [0.5, 0.6) is 0 Å². The van der Waals surface area contributed by atoms with Gasteiger partial charge in [-0.15, -0.1) is 0 Å². The van der Waals surface area contributed by atoms with E-state index in [1.165, 1.54) is 12.3 Å². The molecule has 0 fully saturated rings. The molecule has 0 amide bonds. The Kier molecular flexibility index (Phi) is 6.04. The van der Waals surface area contributed by atoms with Crippen molar-refractivity contribution in [2.75, 3.05) is 23.3 Å². The van der Waals surface area contributed by atoms with E-state index in [-0.39, 0.29) is 11.7 Å². The predicted octanol–water partition coefficient (Wildman–Crippen LogP) is 5.67. The van der Waals surface area contributed by atoms with Gasteiger partial charge in [-0.3, -0.25) is 0 Å². The van der Waals surface area contributed by atoms with Crippen LogP contribution < -0.4 is 10.2 Å². The highest BCUT2D eigenvalue weighted by molar-refractivity contribution is 5.61. The molecule has 0 saturated carbocycles. The highest BCUT2D eigenvalue weighted by atomic mass is 19.4. The first-order valence-electron chi connectivity index (χ1n) is 10.7. The highest BCUT2D eigenvalue weighted by Crippen LogP contribution is 2.36. The largest absolute Gasteiger partial charge is 0.419 e. The second kappa shape index (κ2) is 8.76. The van der Waals surface area contributed by atoms with Crippen LogP contribution in [0.2, 0.25) is 0 Å². The van der Waals surface area contributed by atoms with Gasteiger partial charge < -0.3 is 10.2 Å². The maximum absolute atomic E-state index is 13.5. The van der Waals surface area contributed by atoms with Crippen molar-refractivity contribution in [3.63, 3.8) is 0 Å². The summed E-state index contributed by atoms with van der Waals surface area (Å²) in [5.74, 6) is 1.55. The topological polar surface area (TPSA) is 53.9 Å². The third-order valence-electron chi connectivity index (χ3n) is 5.58. The molecule has 168 valence electrons. The van der Waals surface area contributed by atoms with Gasteiger partial charge in [-0.25, -0.2) is 15.0 Å². The number of benzene rings is 1. The average molecular weight is 442 g/mol. The van der Waals surface area contributed by atoms with Crippen molar-refractivity contribution in [1.29, 1.82) is 0 Å². The molecule has 8 heteroatoms. The number of aryl methyl sites for hydroxylation is 1. The van der Waals surface area contributed by atoms with Crippen LogP contribution in [-0.4, -0.2) is 28.0 Å². The standard InChI is InChI=1S/C24H26F3N5/c1-15(2)21-30-20-11-14-32(23-19(24(25,26)27)5-4-12-28-23)13-10-18(20)22(31-21)29-17-8-6-16(3)7-9-17/h4-9,12,15H,10-11,13-14H2,1-3H3,(H,29,30,31). The fourth-order valence-electron chi connectivity index (χ4n) is 3.84. The summed E-state index contributed by atoms with van der Waals surface area (Å²) in [4.78, 5) is 15.3. The van der Waals surface area contributed by atoms with Crippen LogP contribution in [0.25, 0.3) is 0 Å². The van der Waals surface area contributed by atoms with Crippen molar-refractivity contribution in [2.24, 2.45) is 0 Å². The van der Waals surface area contributed by atoms with Gasteiger partial charge in [0.05, 0.1) is 11.3 Å². The van der Waals surface area contributed by atoms with Crippen LogP contribution in [-0.2, 0) is 19.0 Å². The Labute approximate surface area is 185 Å². The van der Waals surface area contributed by atoms with Crippen molar-refractivity contribution in [1.82, 2.24) is 15.0 Å². The molecule has 0 saturated heterocycles. The molecule has 3 heterocycles. The number of nitrogens with one attached hydrogen (secondary N) is 1. The molecular weight excluding hydrogens is 415 g/mol. The summed E-state index contributed by atoms with van der Waals surface area (Å²) in [5.41, 5.74) is 3.19. The van der Waals surface area contributed by atoms with E-state index < -0.39 is 11.7 Å². The molecule has 0 spiro atoms. The van der Waals surface area contributed by atoms with E-state index in [1.807, 2.05) is 45.0 Å². The van der Waals surface area contributed by atoms with Crippen molar-refractivity contribution in [2.45, 2.75) is 45.7 Å². The number of alkyl halides is 3. The van der Waals surface area contributed by atoms with Crippen LogP contribution in [0.3, 0.4) is 0 Å². The number of aromatic nitrogens is 3. The minimum atomic E-state index is -4.45. The van der Waals surface area contributed by atoms with E-state index in [0.717, 1.165) is 40.2 Å². The SMILES string of the molecule is Cc1ccc(Nc2nc(C(C)C)nc3c2CCN(c2ncccc2C(F)(F)F)CC3)cc1. The van der Waals surface area contributed by atoms with Crippen molar-refractivity contribution < 1.29 is 13.2 Å². The number of halogens is 3. The minimum absolute atomic E-state index is 0.0297. The van der Waals surface area contributed by atoms with Gasteiger partial charge in [0.15, 0.2) is 0 Å². The molecule has 32 heavy (non-hydrogen) atoms. The number of rotatable bonds is 4. The Bertz CT molecular complexity index is 1090. The molecule has 1 aromatic carbocycles. The lowest BCUT2D eigenvalue weighted by molar-refractivity contribution is -0.137. The first kappa shape index (κ1) is 22.0. The smallest absolute Gasteiger partial charge is 0.355 e. The van der Waals surface area contributed by atoms with E-state index in [0.29, 0.717) is 25.9 Å². The van der Waals surface area contributed by atoms with E-state index >= 15 is 0 Å². The quantitative estimate of drug-likeness (QED) is 0.565. The summed E-state index contributed by atoms with van der Waals surface area (Å²) in [6, 6.07) is 10.4. The zero-order chi connectivity index (χ0) is 22.9. The van der Waals surface area contributed by atoms with Crippen LogP contribution >= 0.6 is 0 Å². The van der Waals surface area contributed by atoms with Crippen molar-refractivity contribution >= 4 is 17.3 Å². The zero-order valence-corrected chi connectivity index (χ0v) is 18.4. The van der Waals surface area contributed by atoms with E-state index in [1.54, 1.807) is 4.90 Å². The molecule has 2 aromatic heterocycles. The first-order chi connectivity index (χ1) is 15.2. The molecule has 1 N–H and O–H groups in total. The molecule has 0 radical (unpaired) electrons. The maximum Gasteiger partial charge on any atom is 0.419 e. The van der Waals surface area contributed by atoms with Gasteiger partial charge in [0.1, 0.15) is 17.5 Å². The number of hydrogen-bond donors (Lipinski definition) is 1. The highest BCUT2D eigenvalue weighted by Gasteiger charge is 2.36. The Morgan fingerprint density at radius 3 is 2.41 bits per heavy atom. The summed E-state index contributed by atoms with van der Waals surface area (Å²) in [6.07, 6.45) is -2.00. The van der Waals surface area contributed by atoms with Crippen LogP contribution in [0.4, 0.5) is 30.5 Å². The van der Waals surface area contributed by atoms with E-state index in [2.05, 4.69) is 10.3 Å². The molecular formula is C24H26F3N5. The Hall–Kier alpha value is -3.16. The molecule has 4 rings (SSSR count). The van der Waals surface area contributed by atoms with Gasteiger partial charge in [-0.05, 0) is 37.6 Å². The Morgan fingerprint density at radius 2 is 1.72 bits per heavy atom. The lowest BCUT2D eigenvalue weighted by atomic mass is 10.1. The molecule has 0 unspecified atom stereocenters. The second-order valence-electron chi connectivity index (χ2n) is 8.36. The van der Waals surface area contributed by atoms with E-state index in [9.17, 15) is 13.2 Å². The van der Waals surface area contributed by atoms with Crippen LogP contribution in [0.1, 0.15) is 48.0 Å². The summed E-state index contributed by atoms with van der Waals surface area (Å²) < 4.78 is 40.6. The lowest BCUT2D eigenvalue weighted by Gasteiger charge is -2.24. The lowest BCUT2D eigenvalue weighted by Crippen LogP contribution is -2.29. The monoisotopic (exact) mass is 441 g/mol. The number of fused-ring (bicyclic) bond motifs is 1. The van der Waals surface area contributed by atoms with E-state index in [4.69, 9.17) is 9.97 Å². The number of nitrogens with zero attached hydrogens (tertiary/aromatic N) is 4. The van der Waals surface area contributed by atoms with Crippen molar-refractivity contribution in [3.05, 3.63) is 70.8 Å². The van der Waals surface area contributed by atoms with Crippen LogP contribution in [0, 0.1) is 6.92 Å². The first-order valence-corrected chi connectivity index (χ1v) is 10.7. The third-order valence-corrected chi connectivity index (χ3v) is 5.58. The molecule has 0 atom stereocenters. The van der Waals surface area contributed by atoms with Gasteiger partial charge in [0, 0.05) is 42.9 Å². The van der Waals surface area contributed by atoms with Gasteiger partial charge >= 0.3 is 6.18 Å². The van der Waals surface area contributed by atoms with Crippen LogP contribution in [0.15, 0.2) is 42.6 Å². The number of pyridine rings is 1. The summed E-state index contributed by atoms with van der Waals surface area (Å²) in [6.45, 7) is 6.90. The molecule has 1 aliphatic rings. The molecule has 5 nitrogen and oxygen atoms in total. The molecule has 1 aliphatic heterocycles. The fourth-order valence-corrected chi connectivity index (χ4v) is 3.84. The van der Waals surface area contributed by atoms with Gasteiger partial charge in [-0.2, -0.15) is 13.2 Å². The fraction of sp³-hybridized carbons (Fsp3) is 0.375. The minimum Gasteiger partial charge on any atom is -0.355 e. The summed E-state index contributed by atoms with van der Waals surface area (Å²) in [7, 11) is 0. The summed E-state index contributed by atoms with van der Waals surface area (Å²) >= 11 is 0. The Morgan fingerprint density at radius 1 is 1.00 bits per heavy atom. The Balaban J connectivity index is 1.68. The maximum atomic E-state index is 13.5. The van der Waals surface area contributed by atoms with Gasteiger partial charge in [-0.1, -0.05) is 31.5 Å². The number of hydrogen-bond acceptors (Lipinski definition) is 5. The summed E-state index contributed by atoms with van der Waals surface area (Å²) in [5, 5.41) is 3.41. The number of anilines is 3. The predicted molar refractivity (Wildman–Crippen MR) is 119 cm³/mol. The molecule has 0 bridgehead atoms. The normalized spacial score (nSPS) is 14.3. The molecule has 0 aliphatic carbocycles.